The Labute approximate surface area is 162 Å². The molecule has 0 saturated heterocycles. The number of amides is 1. The maximum atomic E-state index is 12.7. The van der Waals surface area contributed by atoms with Crippen LogP contribution in [0, 0.1) is 0 Å². The predicted octanol–water partition coefficient (Wildman–Crippen LogP) is 2.62. The Morgan fingerprint density at radius 2 is 1.96 bits per heavy atom. The number of aliphatic carboxylic acids is 1. The van der Waals surface area contributed by atoms with Crippen LogP contribution in [0.25, 0.3) is 5.69 Å². The number of hydrogen-bond acceptors (Lipinski definition) is 4. The summed E-state index contributed by atoms with van der Waals surface area (Å²) in [4.78, 5) is 23.8. The zero-order chi connectivity index (χ0) is 19.4. The van der Waals surface area contributed by atoms with E-state index >= 15 is 0 Å². The molecule has 3 rings (SSSR count). The molecule has 0 fully saturated rings. The lowest BCUT2D eigenvalue weighted by Crippen LogP contribution is -2.38. The minimum absolute atomic E-state index is 0.118. The molecule has 8 heteroatoms. The number of carbonyl (C=O) groups is 2. The Morgan fingerprint density at radius 3 is 2.63 bits per heavy atom. The van der Waals surface area contributed by atoms with E-state index in [0.717, 1.165) is 49.0 Å². The summed E-state index contributed by atoms with van der Waals surface area (Å²) in [6.45, 7) is -0.118. The highest BCUT2D eigenvalue weighted by atomic mass is 35.5. The summed E-state index contributed by atoms with van der Waals surface area (Å²) < 4.78 is 6.67. The van der Waals surface area contributed by atoms with Gasteiger partial charge in [-0.1, -0.05) is 18.0 Å². The summed E-state index contributed by atoms with van der Waals surface area (Å²) in [5.74, 6) is -1.51. The number of carboxylic acid groups (broad SMARTS) is 1. The Bertz CT molecular complexity index is 832. The monoisotopic (exact) mass is 391 g/mol. The lowest BCUT2D eigenvalue weighted by molar-refractivity contribution is -0.148. The molecule has 27 heavy (non-hydrogen) atoms. The van der Waals surface area contributed by atoms with Crippen LogP contribution in [0.1, 0.15) is 41.0 Å². The van der Waals surface area contributed by atoms with Crippen LogP contribution in [-0.4, -0.2) is 46.5 Å². The first-order valence-electron chi connectivity index (χ1n) is 8.91. The van der Waals surface area contributed by atoms with Gasteiger partial charge in [0.2, 0.25) is 0 Å². The summed E-state index contributed by atoms with van der Waals surface area (Å²) in [5.41, 5.74) is 3.16. The lowest BCUT2D eigenvalue weighted by Gasteiger charge is -2.11. The molecule has 0 radical (unpaired) electrons. The molecule has 1 heterocycles. The zero-order valence-corrected chi connectivity index (χ0v) is 15.8. The molecule has 0 aliphatic heterocycles. The maximum absolute atomic E-state index is 12.7. The number of nitrogens with one attached hydrogen (secondary N) is 1. The predicted molar refractivity (Wildman–Crippen MR) is 101 cm³/mol. The number of ether oxygens (including phenoxy) is 1. The number of benzene rings is 1. The third kappa shape index (κ3) is 4.31. The number of aromatic nitrogens is 2. The van der Waals surface area contributed by atoms with Gasteiger partial charge in [0.05, 0.1) is 12.2 Å². The molecule has 144 valence electrons. The fourth-order valence-corrected chi connectivity index (χ4v) is 3.42. The highest BCUT2D eigenvalue weighted by Crippen LogP contribution is 2.27. The van der Waals surface area contributed by atoms with Crippen molar-refractivity contribution in [2.45, 2.75) is 38.2 Å². The maximum Gasteiger partial charge on any atom is 0.334 e. The topological polar surface area (TPSA) is 93.5 Å². The summed E-state index contributed by atoms with van der Waals surface area (Å²) in [5, 5.41) is 16.9. The molecule has 1 atom stereocenters. The van der Waals surface area contributed by atoms with Gasteiger partial charge in [-0.25, -0.2) is 9.48 Å². The Hall–Kier alpha value is -2.38. The molecule has 0 saturated carbocycles. The molecule has 0 bridgehead atoms. The summed E-state index contributed by atoms with van der Waals surface area (Å²) in [6.07, 6.45) is 3.66. The first kappa shape index (κ1) is 19.4. The molecule has 1 aromatic heterocycles. The highest BCUT2D eigenvalue weighted by Gasteiger charge is 2.26. The van der Waals surface area contributed by atoms with E-state index in [1.165, 1.54) is 7.11 Å². The van der Waals surface area contributed by atoms with E-state index in [2.05, 4.69) is 10.4 Å². The van der Waals surface area contributed by atoms with Gasteiger partial charge in [-0.15, -0.1) is 0 Å². The van der Waals surface area contributed by atoms with Crippen molar-refractivity contribution in [1.82, 2.24) is 15.1 Å². The van der Waals surface area contributed by atoms with Crippen LogP contribution in [0.5, 0.6) is 0 Å². The van der Waals surface area contributed by atoms with Gasteiger partial charge < -0.3 is 15.2 Å². The van der Waals surface area contributed by atoms with E-state index in [9.17, 15) is 9.59 Å². The number of carbonyl (C=O) groups excluding carboxylic acids is 1. The molecule has 2 N–H and O–H groups in total. The molecule has 1 unspecified atom stereocenters. The second kappa shape index (κ2) is 8.54. The van der Waals surface area contributed by atoms with Crippen LogP contribution < -0.4 is 5.32 Å². The average Bonchev–Trinajstić information content (AvgIpc) is 2.84. The molecule has 1 aliphatic carbocycles. The summed E-state index contributed by atoms with van der Waals surface area (Å²) in [7, 11) is 1.30. The van der Waals surface area contributed by atoms with Crippen molar-refractivity contribution in [2.24, 2.45) is 0 Å². The molecule has 7 nitrogen and oxygen atoms in total. The molecular formula is C19H22ClN3O4. The van der Waals surface area contributed by atoms with Gasteiger partial charge in [0.25, 0.3) is 5.91 Å². The number of hydrogen-bond donors (Lipinski definition) is 2. The quantitative estimate of drug-likeness (QED) is 0.738. The number of methoxy groups -OCH3 is 1. The van der Waals surface area contributed by atoms with Crippen molar-refractivity contribution in [3.63, 3.8) is 0 Å². The Balaban J connectivity index is 1.92. The fourth-order valence-electron chi connectivity index (χ4n) is 3.29. The van der Waals surface area contributed by atoms with Gasteiger partial charge in [-0.2, -0.15) is 5.10 Å². The van der Waals surface area contributed by atoms with Gasteiger partial charge in [-0.3, -0.25) is 4.79 Å². The number of fused-ring (bicyclic) bond motifs is 1. The lowest BCUT2D eigenvalue weighted by atomic mass is 10.1. The number of nitrogens with zero attached hydrogens (tertiary/aromatic N) is 2. The second-order valence-electron chi connectivity index (χ2n) is 6.50. The van der Waals surface area contributed by atoms with Crippen LogP contribution >= 0.6 is 11.6 Å². The zero-order valence-electron chi connectivity index (χ0n) is 15.1. The second-order valence-corrected chi connectivity index (χ2v) is 6.93. The van der Waals surface area contributed by atoms with Gasteiger partial charge in [0.1, 0.15) is 0 Å². The third-order valence-electron chi connectivity index (χ3n) is 4.72. The van der Waals surface area contributed by atoms with E-state index in [1.54, 1.807) is 16.8 Å². The smallest absolute Gasteiger partial charge is 0.334 e. The molecule has 1 amide bonds. The summed E-state index contributed by atoms with van der Waals surface area (Å²) in [6, 6.07) is 7.32. The van der Waals surface area contributed by atoms with Crippen LogP contribution in [0.2, 0.25) is 5.02 Å². The fraction of sp³-hybridized carbons (Fsp3) is 0.421. The molecule has 1 aromatic carbocycles. The van der Waals surface area contributed by atoms with E-state index in [4.69, 9.17) is 21.4 Å². The minimum atomic E-state index is -1.12. The van der Waals surface area contributed by atoms with Gasteiger partial charge >= 0.3 is 5.97 Å². The van der Waals surface area contributed by atoms with Gasteiger partial charge in [-0.05, 0) is 49.9 Å². The summed E-state index contributed by atoms with van der Waals surface area (Å²) >= 11 is 5.98. The van der Waals surface area contributed by atoms with E-state index in [1.807, 2.05) is 12.1 Å². The van der Waals surface area contributed by atoms with Crippen LogP contribution in [-0.2, 0) is 22.4 Å². The highest BCUT2D eigenvalue weighted by molar-refractivity contribution is 6.30. The van der Waals surface area contributed by atoms with Crippen LogP contribution in [0.4, 0.5) is 0 Å². The third-order valence-corrected chi connectivity index (χ3v) is 4.98. The van der Waals surface area contributed by atoms with Crippen molar-refractivity contribution in [1.29, 1.82) is 0 Å². The minimum Gasteiger partial charge on any atom is -0.479 e. The average molecular weight is 392 g/mol. The van der Waals surface area contributed by atoms with E-state index in [0.29, 0.717) is 10.7 Å². The van der Waals surface area contributed by atoms with Crippen molar-refractivity contribution < 1.29 is 19.4 Å². The normalized spacial score (nSPS) is 14.9. The van der Waals surface area contributed by atoms with Gasteiger partial charge in [0.15, 0.2) is 11.8 Å². The van der Waals surface area contributed by atoms with Crippen molar-refractivity contribution in [3.05, 3.63) is 46.2 Å². The molecular weight excluding hydrogens is 370 g/mol. The molecule has 0 spiro atoms. The number of halogens is 1. The first-order valence-corrected chi connectivity index (χ1v) is 9.29. The largest absolute Gasteiger partial charge is 0.479 e. The SMILES string of the molecule is COC(CNC(=O)c1nn(-c2ccc(Cl)cc2)c2c1CCCCC2)C(=O)O. The number of rotatable bonds is 6. The molecule has 2 aromatic rings. The first-order chi connectivity index (χ1) is 13.0. The Kier molecular flexibility index (Phi) is 6.13. The van der Waals surface area contributed by atoms with Crippen molar-refractivity contribution in [3.8, 4) is 5.69 Å². The Morgan fingerprint density at radius 1 is 1.26 bits per heavy atom. The van der Waals surface area contributed by atoms with E-state index < -0.39 is 12.1 Å². The van der Waals surface area contributed by atoms with Crippen LogP contribution in [0.3, 0.4) is 0 Å². The van der Waals surface area contributed by atoms with Crippen LogP contribution in [0.15, 0.2) is 24.3 Å². The van der Waals surface area contributed by atoms with E-state index in [-0.39, 0.29) is 12.5 Å². The van der Waals surface area contributed by atoms with Crippen molar-refractivity contribution >= 4 is 23.5 Å². The standard InChI is InChI=1S/C19H22ClN3O4/c1-27-16(19(25)26)11-21-18(24)17-14-5-3-2-4-6-15(14)23(22-17)13-9-7-12(20)8-10-13/h7-10,16H,2-6,11H2,1H3,(H,21,24)(H,25,26). The van der Waals surface area contributed by atoms with Gasteiger partial charge in [0, 0.05) is 23.4 Å². The van der Waals surface area contributed by atoms with Crippen molar-refractivity contribution in [2.75, 3.05) is 13.7 Å². The molecule has 1 aliphatic rings. The number of carboxylic acids is 1.